The normalized spacial score (nSPS) is 15.1. The molecule has 0 aromatic carbocycles. The van der Waals surface area contributed by atoms with E-state index in [4.69, 9.17) is 4.74 Å². The topological polar surface area (TPSA) is 98.5 Å². The first-order valence-electron chi connectivity index (χ1n) is 9.91. The molecule has 2 aromatic heterocycles. The summed E-state index contributed by atoms with van der Waals surface area (Å²) in [6, 6.07) is 3.66. The monoisotopic (exact) mass is 413 g/mol. The van der Waals surface area contributed by atoms with Gasteiger partial charge in [0.05, 0.1) is 6.20 Å². The van der Waals surface area contributed by atoms with Crippen molar-refractivity contribution in [2.45, 2.75) is 46.8 Å². The molecule has 0 bridgehead atoms. The van der Waals surface area contributed by atoms with Crippen LogP contribution in [0.3, 0.4) is 0 Å². The van der Waals surface area contributed by atoms with E-state index < -0.39 is 24.0 Å². The molecule has 0 aliphatic carbocycles. The molecule has 0 saturated carbocycles. The summed E-state index contributed by atoms with van der Waals surface area (Å²) in [6.07, 6.45) is 3.68. The summed E-state index contributed by atoms with van der Waals surface area (Å²) in [5.41, 5.74) is 2.82. The first kappa shape index (κ1) is 21.4. The minimum atomic E-state index is -1.04. The molecule has 1 aliphatic rings. The number of hydrogen-bond donors (Lipinski definition) is 1. The van der Waals surface area contributed by atoms with E-state index in [0.717, 1.165) is 27.7 Å². The van der Waals surface area contributed by atoms with Crippen molar-refractivity contribution in [1.29, 1.82) is 0 Å². The number of hydrogen-bond acceptors (Lipinski definition) is 5. The Kier molecular flexibility index (Phi) is 6.09. The molecule has 0 spiro atoms. The molecule has 1 aliphatic heterocycles. The van der Waals surface area contributed by atoms with E-state index >= 15 is 0 Å². The summed E-state index contributed by atoms with van der Waals surface area (Å²) in [7, 11) is 0. The highest BCUT2D eigenvalue weighted by atomic mass is 16.5. The Morgan fingerprint density at radius 3 is 2.63 bits per heavy atom. The summed E-state index contributed by atoms with van der Waals surface area (Å²) in [5.74, 6) is -0.232. The van der Waals surface area contributed by atoms with Gasteiger partial charge < -0.3 is 14.6 Å². The predicted octanol–water partition coefficient (Wildman–Crippen LogP) is 2.37. The van der Waals surface area contributed by atoms with E-state index in [1.807, 2.05) is 30.7 Å². The molecule has 9 heteroatoms. The van der Waals surface area contributed by atoms with Crippen molar-refractivity contribution >= 4 is 24.0 Å². The number of urea groups is 1. The van der Waals surface area contributed by atoms with E-state index in [0.29, 0.717) is 6.54 Å². The second-order valence-electron chi connectivity index (χ2n) is 7.52. The van der Waals surface area contributed by atoms with Crippen LogP contribution in [0.15, 0.2) is 24.4 Å². The quantitative estimate of drug-likeness (QED) is 0.579. The van der Waals surface area contributed by atoms with Crippen molar-refractivity contribution in [2.75, 3.05) is 13.1 Å². The van der Waals surface area contributed by atoms with Crippen molar-refractivity contribution in [2.24, 2.45) is 0 Å². The highest BCUT2D eigenvalue weighted by molar-refractivity contribution is 5.99. The number of esters is 1. The van der Waals surface area contributed by atoms with E-state index in [9.17, 15) is 14.4 Å². The predicted molar refractivity (Wildman–Crippen MR) is 111 cm³/mol. The fourth-order valence-electron chi connectivity index (χ4n) is 3.51. The van der Waals surface area contributed by atoms with Gasteiger partial charge in [0.1, 0.15) is 5.82 Å². The van der Waals surface area contributed by atoms with Crippen molar-refractivity contribution in [3.8, 4) is 5.82 Å². The molecule has 3 rings (SSSR count). The second kappa shape index (κ2) is 8.56. The SMILES string of the molecule is Cc1cc(/C=C/C(=O)O[C@H](C)C(=O)N2CCNC2=O)c(C)n1-c1ccnn1C(C)C. The molecule has 1 atom stereocenters. The lowest BCUT2D eigenvalue weighted by Crippen LogP contribution is -2.41. The minimum absolute atomic E-state index is 0.210. The van der Waals surface area contributed by atoms with Gasteiger partial charge in [0.2, 0.25) is 0 Å². The summed E-state index contributed by atoms with van der Waals surface area (Å²) < 4.78 is 9.19. The third-order valence-corrected chi connectivity index (χ3v) is 5.00. The number of aryl methyl sites for hydroxylation is 1. The molecule has 0 unspecified atom stereocenters. The van der Waals surface area contributed by atoms with Crippen molar-refractivity contribution in [1.82, 2.24) is 24.6 Å². The lowest BCUT2D eigenvalue weighted by molar-refractivity contribution is -0.153. The van der Waals surface area contributed by atoms with Crippen LogP contribution in [0.1, 0.15) is 43.8 Å². The number of nitrogens with one attached hydrogen (secondary N) is 1. The zero-order chi connectivity index (χ0) is 22.0. The van der Waals surface area contributed by atoms with Gasteiger partial charge in [-0.15, -0.1) is 0 Å². The van der Waals surface area contributed by atoms with Crippen LogP contribution in [0.25, 0.3) is 11.9 Å². The Bertz CT molecular complexity index is 1000. The highest BCUT2D eigenvalue weighted by Gasteiger charge is 2.31. The van der Waals surface area contributed by atoms with E-state index in [-0.39, 0.29) is 12.6 Å². The fourth-order valence-corrected chi connectivity index (χ4v) is 3.51. The summed E-state index contributed by atoms with van der Waals surface area (Å²) in [5, 5.41) is 6.93. The number of ether oxygens (including phenoxy) is 1. The summed E-state index contributed by atoms with van der Waals surface area (Å²) >= 11 is 0. The average molecular weight is 413 g/mol. The van der Waals surface area contributed by atoms with Crippen LogP contribution in [0.4, 0.5) is 4.79 Å². The molecule has 3 amide bonds. The standard InChI is InChI=1S/C21H27N5O4/c1-13(2)26-18(8-9-23-26)25-14(3)12-17(15(25)4)6-7-19(27)30-16(5)20(28)24-11-10-22-21(24)29/h6-9,12-13,16H,10-11H2,1-5H3,(H,22,29)/b7-6+/t16-/m1/s1. The summed E-state index contributed by atoms with van der Waals surface area (Å²) in [6.45, 7) is 10.2. The maximum atomic E-state index is 12.2. The molecular weight excluding hydrogens is 386 g/mol. The van der Waals surface area contributed by atoms with Gasteiger partial charge >= 0.3 is 12.0 Å². The molecule has 160 valence electrons. The molecule has 3 heterocycles. The van der Waals surface area contributed by atoms with Crippen LogP contribution in [0, 0.1) is 13.8 Å². The Hall–Kier alpha value is -3.36. The Morgan fingerprint density at radius 2 is 2.00 bits per heavy atom. The lowest BCUT2D eigenvalue weighted by atomic mass is 10.2. The van der Waals surface area contributed by atoms with Crippen molar-refractivity contribution in [3.63, 3.8) is 0 Å². The fraction of sp³-hybridized carbons (Fsp3) is 0.429. The highest BCUT2D eigenvalue weighted by Crippen LogP contribution is 2.23. The number of aromatic nitrogens is 3. The van der Waals surface area contributed by atoms with Crippen LogP contribution >= 0.6 is 0 Å². The van der Waals surface area contributed by atoms with Crippen LogP contribution in [-0.4, -0.2) is 56.3 Å². The largest absolute Gasteiger partial charge is 0.449 e. The average Bonchev–Trinajstić information content (AvgIpc) is 3.38. The van der Waals surface area contributed by atoms with Gasteiger partial charge in [0.15, 0.2) is 6.10 Å². The van der Waals surface area contributed by atoms with Gasteiger partial charge in [-0.1, -0.05) is 0 Å². The molecule has 0 radical (unpaired) electrons. The zero-order valence-corrected chi connectivity index (χ0v) is 17.9. The number of rotatable bonds is 6. The third-order valence-electron chi connectivity index (χ3n) is 5.00. The van der Waals surface area contributed by atoms with E-state index in [2.05, 4.69) is 28.8 Å². The number of carbonyl (C=O) groups excluding carboxylic acids is 3. The molecular formula is C21H27N5O4. The van der Waals surface area contributed by atoms with Gasteiger partial charge in [-0.05, 0) is 52.3 Å². The van der Waals surface area contributed by atoms with E-state index in [1.165, 1.54) is 13.0 Å². The zero-order valence-electron chi connectivity index (χ0n) is 17.9. The Morgan fingerprint density at radius 1 is 1.27 bits per heavy atom. The first-order valence-corrected chi connectivity index (χ1v) is 9.91. The van der Waals surface area contributed by atoms with Crippen molar-refractivity contribution in [3.05, 3.63) is 41.4 Å². The smallest absolute Gasteiger partial charge is 0.331 e. The molecule has 1 N–H and O–H groups in total. The molecule has 1 fully saturated rings. The number of imide groups is 1. The lowest BCUT2D eigenvalue weighted by Gasteiger charge is -2.17. The van der Waals surface area contributed by atoms with Crippen molar-refractivity contribution < 1.29 is 19.1 Å². The van der Waals surface area contributed by atoms with Gasteiger partial charge in [-0.3, -0.25) is 9.69 Å². The Labute approximate surface area is 175 Å². The maximum absolute atomic E-state index is 12.2. The van der Waals surface area contributed by atoms with Crippen LogP contribution in [0.2, 0.25) is 0 Å². The molecule has 1 saturated heterocycles. The third kappa shape index (κ3) is 4.14. The van der Waals surface area contributed by atoms with Gasteiger partial charge in [0.25, 0.3) is 5.91 Å². The number of carbonyl (C=O) groups is 3. The molecule has 30 heavy (non-hydrogen) atoms. The van der Waals surface area contributed by atoms with Crippen LogP contribution in [-0.2, 0) is 14.3 Å². The Balaban J connectivity index is 1.72. The molecule has 2 aromatic rings. The van der Waals surface area contributed by atoms with Gasteiger partial charge in [0, 0.05) is 42.7 Å². The van der Waals surface area contributed by atoms with Crippen LogP contribution in [0.5, 0.6) is 0 Å². The number of nitrogens with zero attached hydrogens (tertiary/aromatic N) is 4. The summed E-state index contributed by atoms with van der Waals surface area (Å²) in [4.78, 5) is 37.1. The van der Waals surface area contributed by atoms with Crippen LogP contribution < -0.4 is 5.32 Å². The van der Waals surface area contributed by atoms with E-state index in [1.54, 1.807) is 12.3 Å². The maximum Gasteiger partial charge on any atom is 0.331 e. The number of amides is 3. The minimum Gasteiger partial charge on any atom is -0.449 e. The molecule has 9 nitrogen and oxygen atoms in total. The van der Waals surface area contributed by atoms with Gasteiger partial charge in [-0.2, -0.15) is 5.10 Å². The second-order valence-corrected chi connectivity index (χ2v) is 7.52. The first-order chi connectivity index (χ1) is 14.2. The van der Waals surface area contributed by atoms with Gasteiger partial charge in [-0.25, -0.2) is 14.3 Å².